The minimum atomic E-state index is -0.510. The minimum Gasteiger partial charge on any atom is -0.492 e. The second-order valence-corrected chi connectivity index (χ2v) is 10.5. The minimum absolute atomic E-state index is 0.121. The Morgan fingerprint density at radius 1 is 1.12 bits per heavy atom. The molecule has 1 fully saturated rings. The smallest absolute Gasteiger partial charge is 0.412 e. The SMILES string of the molecule is C[C@@H](OC(=O)Nc1ccc(C2C(C#N)c3cc(OCCn4cncn4)ccc3N2C2CCC2)cc1)c1ccccc1. The largest absolute Gasteiger partial charge is 0.492 e. The van der Waals surface area contributed by atoms with Gasteiger partial charge >= 0.3 is 6.09 Å². The molecule has 1 aliphatic heterocycles. The molecule has 3 aromatic carbocycles. The first-order valence-corrected chi connectivity index (χ1v) is 14.0. The highest BCUT2D eigenvalue weighted by Crippen LogP contribution is 2.53. The van der Waals surface area contributed by atoms with Crippen LogP contribution < -0.4 is 15.0 Å². The lowest BCUT2D eigenvalue weighted by molar-refractivity contribution is 0.121. The van der Waals surface area contributed by atoms with Crippen molar-refractivity contribution in [2.75, 3.05) is 16.8 Å². The van der Waals surface area contributed by atoms with Crippen LogP contribution in [-0.4, -0.2) is 33.5 Å². The molecule has 2 aliphatic rings. The van der Waals surface area contributed by atoms with E-state index in [0.717, 1.165) is 41.0 Å². The number of nitrogens with zero attached hydrogens (tertiary/aromatic N) is 5. The number of hydrogen-bond donors (Lipinski definition) is 1. The van der Waals surface area contributed by atoms with Crippen LogP contribution in [0.2, 0.25) is 0 Å². The van der Waals surface area contributed by atoms with E-state index < -0.39 is 6.09 Å². The van der Waals surface area contributed by atoms with Gasteiger partial charge in [0, 0.05) is 17.4 Å². The summed E-state index contributed by atoms with van der Waals surface area (Å²) in [6.07, 6.45) is 5.69. The number of aromatic nitrogens is 3. The highest BCUT2D eigenvalue weighted by atomic mass is 16.6. The molecule has 2 heterocycles. The van der Waals surface area contributed by atoms with E-state index in [2.05, 4.69) is 32.4 Å². The Bertz CT molecular complexity index is 1510. The zero-order valence-electron chi connectivity index (χ0n) is 22.9. The van der Waals surface area contributed by atoms with Crippen molar-refractivity contribution in [3.63, 3.8) is 0 Å². The van der Waals surface area contributed by atoms with E-state index in [1.54, 1.807) is 11.0 Å². The van der Waals surface area contributed by atoms with Gasteiger partial charge in [-0.25, -0.2) is 14.5 Å². The van der Waals surface area contributed by atoms with Gasteiger partial charge in [-0.05, 0) is 73.2 Å². The predicted octanol–water partition coefficient (Wildman–Crippen LogP) is 6.39. The quantitative estimate of drug-likeness (QED) is 0.258. The van der Waals surface area contributed by atoms with Gasteiger partial charge < -0.3 is 14.4 Å². The lowest BCUT2D eigenvalue weighted by Gasteiger charge is -2.41. The third kappa shape index (κ3) is 5.59. The maximum atomic E-state index is 12.5. The van der Waals surface area contributed by atoms with Crippen LogP contribution in [0, 0.1) is 11.3 Å². The summed E-state index contributed by atoms with van der Waals surface area (Å²) in [4.78, 5) is 18.9. The van der Waals surface area contributed by atoms with Crippen LogP contribution in [0.1, 0.15) is 60.9 Å². The number of ether oxygens (including phenoxy) is 2. The molecule has 1 saturated carbocycles. The summed E-state index contributed by atoms with van der Waals surface area (Å²) in [6.45, 7) is 2.89. The molecule has 0 spiro atoms. The molecule has 1 aromatic heterocycles. The number of nitriles is 1. The molecule has 208 valence electrons. The Balaban J connectivity index is 1.17. The van der Waals surface area contributed by atoms with Gasteiger partial charge in [0.25, 0.3) is 0 Å². The van der Waals surface area contributed by atoms with Gasteiger partial charge in [-0.2, -0.15) is 10.4 Å². The third-order valence-corrected chi connectivity index (χ3v) is 7.94. The summed E-state index contributed by atoms with van der Waals surface area (Å²) in [5.74, 6) is 0.390. The van der Waals surface area contributed by atoms with Crippen molar-refractivity contribution >= 4 is 17.5 Å². The van der Waals surface area contributed by atoms with Crippen LogP contribution >= 0.6 is 0 Å². The van der Waals surface area contributed by atoms with E-state index in [1.807, 2.05) is 73.7 Å². The van der Waals surface area contributed by atoms with E-state index in [-0.39, 0.29) is 18.1 Å². The van der Waals surface area contributed by atoms with Crippen molar-refractivity contribution in [1.82, 2.24) is 14.8 Å². The summed E-state index contributed by atoms with van der Waals surface area (Å²) in [7, 11) is 0. The topological polar surface area (TPSA) is 105 Å². The van der Waals surface area contributed by atoms with Gasteiger partial charge in [-0.3, -0.25) is 5.32 Å². The lowest BCUT2D eigenvalue weighted by atomic mass is 9.87. The van der Waals surface area contributed by atoms with Crippen molar-refractivity contribution in [3.8, 4) is 11.8 Å². The molecular formula is C32H32N6O3. The molecule has 6 rings (SSSR count). The Hall–Kier alpha value is -4.84. The first kappa shape index (κ1) is 26.4. The van der Waals surface area contributed by atoms with Gasteiger partial charge in [0.2, 0.25) is 0 Å². The fourth-order valence-electron chi connectivity index (χ4n) is 5.64. The maximum Gasteiger partial charge on any atom is 0.412 e. The van der Waals surface area contributed by atoms with Crippen LogP contribution in [0.25, 0.3) is 0 Å². The van der Waals surface area contributed by atoms with Gasteiger partial charge in [0.15, 0.2) is 0 Å². The second kappa shape index (κ2) is 11.7. The number of nitrogens with one attached hydrogen (secondary N) is 1. The van der Waals surface area contributed by atoms with E-state index in [0.29, 0.717) is 24.9 Å². The number of hydrogen-bond acceptors (Lipinski definition) is 7. The standard InChI is InChI=1S/C32H32N6O3/c1-22(23-6-3-2-4-7-23)41-32(39)36-25-12-10-24(11-13-25)31-29(19-33)28-18-27(40-17-16-37-21-34-20-35-37)14-15-30(28)38(31)26-8-5-9-26/h2-4,6-7,10-15,18,20-22,26,29,31H,5,8-9,16-17H2,1H3,(H,36,39)/t22-,29?,31?/m1/s1. The summed E-state index contributed by atoms with van der Waals surface area (Å²) >= 11 is 0. The first-order valence-electron chi connectivity index (χ1n) is 14.0. The zero-order chi connectivity index (χ0) is 28.2. The fourth-order valence-corrected chi connectivity index (χ4v) is 5.64. The van der Waals surface area contributed by atoms with Crippen molar-refractivity contribution in [3.05, 3.63) is 102 Å². The monoisotopic (exact) mass is 548 g/mol. The summed E-state index contributed by atoms with van der Waals surface area (Å²) in [5, 5.41) is 17.3. The van der Waals surface area contributed by atoms with Crippen molar-refractivity contribution < 1.29 is 14.3 Å². The summed E-state index contributed by atoms with van der Waals surface area (Å²) in [5.41, 5.74) is 4.69. The number of fused-ring (bicyclic) bond motifs is 1. The molecule has 4 aromatic rings. The average molecular weight is 549 g/mol. The van der Waals surface area contributed by atoms with Crippen molar-refractivity contribution in [2.24, 2.45) is 0 Å². The predicted molar refractivity (Wildman–Crippen MR) is 155 cm³/mol. The molecule has 0 saturated heterocycles. The molecule has 2 unspecified atom stereocenters. The van der Waals surface area contributed by atoms with Crippen LogP contribution in [0.3, 0.4) is 0 Å². The number of carbonyl (C=O) groups excluding carboxylic acids is 1. The molecule has 9 nitrogen and oxygen atoms in total. The first-order chi connectivity index (χ1) is 20.1. The van der Waals surface area contributed by atoms with Crippen LogP contribution in [0.4, 0.5) is 16.2 Å². The number of benzene rings is 3. The Kier molecular flexibility index (Phi) is 7.54. The molecule has 3 atom stereocenters. The van der Waals surface area contributed by atoms with Crippen LogP contribution in [0.5, 0.6) is 5.75 Å². The summed E-state index contributed by atoms with van der Waals surface area (Å²) in [6, 6.07) is 26.3. The highest BCUT2D eigenvalue weighted by Gasteiger charge is 2.44. The van der Waals surface area contributed by atoms with Crippen LogP contribution in [-0.2, 0) is 11.3 Å². The average Bonchev–Trinajstić information content (AvgIpc) is 3.59. The number of amides is 1. The zero-order valence-corrected chi connectivity index (χ0v) is 22.9. The molecule has 1 aliphatic carbocycles. The molecule has 41 heavy (non-hydrogen) atoms. The van der Waals surface area contributed by atoms with Crippen LogP contribution in [0.15, 0.2) is 85.5 Å². The number of carbonyl (C=O) groups is 1. The molecule has 0 radical (unpaired) electrons. The van der Waals surface area contributed by atoms with E-state index in [4.69, 9.17) is 9.47 Å². The Labute approximate surface area is 239 Å². The van der Waals surface area contributed by atoms with Crippen molar-refractivity contribution in [1.29, 1.82) is 5.26 Å². The summed E-state index contributed by atoms with van der Waals surface area (Å²) < 4.78 is 13.3. The number of rotatable bonds is 9. The highest BCUT2D eigenvalue weighted by molar-refractivity contribution is 5.84. The van der Waals surface area contributed by atoms with Gasteiger partial charge in [0.05, 0.1) is 24.6 Å². The van der Waals surface area contributed by atoms with E-state index >= 15 is 0 Å². The van der Waals surface area contributed by atoms with E-state index in [9.17, 15) is 10.1 Å². The maximum absolute atomic E-state index is 12.5. The molecule has 0 bridgehead atoms. The lowest BCUT2D eigenvalue weighted by Crippen LogP contribution is -2.41. The van der Waals surface area contributed by atoms with Crippen molar-refractivity contribution in [2.45, 2.75) is 56.8 Å². The number of anilines is 2. The second-order valence-electron chi connectivity index (χ2n) is 10.5. The molecule has 9 heteroatoms. The third-order valence-electron chi connectivity index (χ3n) is 7.94. The fraction of sp³-hybridized carbons (Fsp3) is 0.312. The molecule has 1 N–H and O–H groups in total. The molecule has 1 amide bonds. The van der Waals surface area contributed by atoms with E-state index in [1.165, 1.54) is 12.7 Å². The molecular weight excluding hydrogens is 516 g/mol. The normalized spacial score (nSPS) is 18.6. The van der Waals surface area contributed by atoms with Gasteiger partial charge in [-0.1, -0.05) is 42.5 Å². The van der Waals surface area contributed by atoms with Gasteiger partial charge in [0.1, 0.15) is 31.1 Å². The van der Waals surface area contributed by atoms with Gasteiger partial charge in [-0.15, -0.1) is 0 Å². The Morgan fingerprint density at radius 3 is 2.61 bits per heavy atom. The Morgan fingerprint density at radius 2 is 1.93 bits per heavy atom.